The van der Waals surface area contributed by atoms with Gasteiger partial charge in [-0.2, -0.15) is 0 Å². The van der Waals surface area contributed by atoms with Crippen molar-refractivity contribution < 1.29 is 0 Å². The van der Waals surface area contributed by atoms with Crippen LogP contribution >= 0.6 is 34.2 Å². The van der Waals surface area contributed by atoms with Gasteiger partial charge in [0.15, 0.2) is 0 Å². The van der Waals surface area contributed by atoms with Crippen molar-refractivity contribution in [2.75, 3.05) is 11.9 Å². The minimum absolute atomic E-state index is 0.363. The third-order valence-electron chi connectivity index (χ3n) is 3.12. The molecule has 0 atom stereocenters. The Hall–Kier alpha value is -0.880. The first-order valence-corrected chi connectivity index (χ1v) is 8.52. The van der Waals surface area contributed by atoms with E-state index in [4.69, 9.17) is 16.6 Å². The van der Waals surface area contributed by atoms with Gasteiger partial charge in [0.05, 0.1) is 9.26 Å². The summed E-state index contributed by atoms with van der Waals surface area (Å²) in [5.74, 6) is 2.09. The van der Waals surface area contributed by atoms with Crippen molar-refractivity contribution in [2.45, 2.75) is 33.1 Å². The summed E-state index contributed by atoms with van der Waals surface area (Å²) in [7, 11) is 0. The van der Waals surface area contributed by atoms with Crippen molar-refractivity contribution >= 4 is 40.0 Å². The second kappa shape index (κ2) is 7.40. The maximum Gasteiger partial charge on any atom is 0.143 e. The summed E-state index contributed by atoms with van der Waals surface area (Å²) < 4.78 is 1.10. The molecule has 0 aliphatic carbocycles. The van der Waals surface area contributed by atoms with E-state index >= 15 is 0 Å². The highest BCUT2D eigenvalue weighted by Gasteiger charge is 2.15. The molecule has 0 fully saturated rings. The molecule has 0 saturated heterocycles. The molecule has 1 aromatic carbocycles. The average Bonchev–Trinajstić information content (AvgIpc) is 2.44. The van der Waals surface area contributed by atoms with Crippen molar-refractivity contribution in [2.24, 2.45) is 0 Å². The predicted molar refractivity (Wildman–Crippen MR) is 97.3 cm³/mol. The first kappa shape index (κ1) is 16.5. The number of benzene rings is 1. The lowest BCUT2D eigenvalue weighted by molar-refractivity contribution is 0.783. The minimum atomic E-state index is 0.363. The molecule has 0 bridgehead atoms. The Morgan fingerprint density at radius 3 is 2.57 bits per heavy atom. The number of anilines is 1. The number of nitrogens with one attached hydrogen (secondary N) is 1. The van der Waals surface area contributed by atoms with Crippen LogP contribution in [0.5, 0.6) is 0 Å². The van der Waals surface area contributed by atoms with Gasteiger partial charge in [0, 0.05) is 18.0 Å². The second-order valence-corrected chi connectivity index (χ2v) is 6.63. The Balaban J connectivity index is 2.41. The van der Waals surface area contributed by atoms with Gasteiger partial charge in [-0.25, -0.2) is 9.97 Å². The fourth-order valence-electron chi connectivity index (χ4n) is 2.07. The number of hydrogen-bond acceptors (Lipinski definition) is 3. The van der Waals surface area contributed by atoms with Crippen LogP contribution in [0.3, 0.4) is 0 Å². The lowest BCUT2D eigenvalue weighted by Gasteiger charge is -2.14. The first-order chi connectivity index (χ1) is 10.0. The highest BCUT2D eigenvalue weighted by molar-refractivity contribution is 14.1. The zero-order chi connectivity index (χ0) is 15.4. The van der Waals surface area contributed by atoms with E-state index in [1.54, 1.807) is 0 Å². The summed E-state index contributed by atoms with van der Waals surface area (Å²) in [5, 5.41) is 4.08. The van der Waals surface area contributed by atoms with E-state index in [1.165, 1.54) is 0 Å². The van der Waals surface area contributed by atoms with Gasteiger partial charge in [-0.3, -0.25) is 0 Å². The summed E-state index contributed by atoms with van der Waals surface area (Å²) in [6.45, 7) is 7.22. The number of halogens is 2. The largest absolute Gasteiger partial charge is 0.369 e. The smallest absolute Gasteiger partial charge is 0.143 e. The lowest BCUT2D eigenvalue weighted by Crippen LogP contribution is -2.11. The molecule has 3 nitrogen and oxygen atoms in total. The molecule has 0 saturated carbocycles. The van der Waals surface area contributed by atoms with E-state index in [-0.39, 0.29) is 0 Å². The summed E-state index contributed by atoms with van der Waals surface area (Å²) in [5.41, 5.74) is 2.14. The third kappa shape index (κ3) is 4.07. The topological polar surface area (TPSA) is 37.8 Å². The quantitative estimate of drug-likeness (QED) is 0.707. The van der Waals surface area contributed by atoms with Crippen LogP contribution in [-0.4, -0.2) is 16.5 Å². The Bertz CT molecular complexity index is 629. The fourth-order valence-corrected chi connectivity index (χ4v) is 3.33. The van der Waals surface area contributed by atoms with Gasteiger partial charge in [-0.1, -0.05) is 43.6 Å². The Morgan fingerprint density at radius 1 is 1.24 bits per heavy atom. The molecule has 0 unspecified atom stereocenters. The Labute approximate surface area is 144 Å². The van der Waals surface area contributed by atoms with Crippen molar-refractivity contribution in [1.82, 2.24) is 9.97 Å². The highest BCUT2D eigenvalue weighted by Crippen LogP contribution is 2.26. The average molecular weight is 416 g/mol. The summed E-state index contributed by atoms with van der Waals surface area (Å²) in [6, 6.07) is 7.84. The van der Waals surface area contributed by atoms with Crippen molar-refractivity contribution in [3.05, 3.63) is 49.9 Å². The molecule has 0 spiro atoms. The number of hydrogen-bond donors (Lipinski definition) is 1. The van der Waals surface area contributed by atoms with Gasteiger partial charge in [-0.05, 0) is 47.1 Å². The molecular formula is C16H19ClIN3. The van der Waals surface area contributed by atoms with Crippen LogP contribution in [0, 0.1) is 3.57 Å². The van der Waals surface area contributed by atoms with Crippen LogP contribution < -0.4 is 5.32 Å². The Kier molecular flexibility index (Phi) is 5.81. The zero-order valence-electron chi connectivity index (χ0n) is 12.5. The summed E-state index contributed by atoms with van der Waals surface area (Å²) in [6.07, 6.45) is 0.648. The molecule has 0 aliphatic rings. The molecule has 2 rings (SSSR count). The van der Waals surface area contributed by atoms with Crippen molar-refractivity contribution in [1.29, 1.82) is 0 Å². The van der Waals surface area contributed by atoms with Gasteiger partial charge in [0.2, 0.25) is 0 Å². The van der Waals surface area contributed by atoms with E-state index < -0.39 is 0 Å². The van der Waals surface area contributed by atoms with E-state index in [9.17, 15) is 0 Å². The van der Waals surface area contributed by atoms with Gasteiger partial charge >= 0.3 is 0 Å². The molecule has 1 aromatic heterocycles. The van der Waals surface area contributed by atoms with Crippen LogP contribution in [0.2, 0.25) is 5.02 Å². The maximum absolute atomic E-state index is 6.24. The Morgan fingerprint density at radius 2 is 1.95 bits per heavy atom. The maximum atomic E-state index is 6.24. The van der Waals surface area contributed by atoms with E-state index in [0.717, 1.165) is 38.0 Å². The fraction of sp³-hybridized carbons (Fsp3) is 0.375. The summed E-state index contributed by atoms with van der Waals surface area (Å²) >= 11 is 8.56. The SMILES string of the molecule is CCNc1nc(Cc2ccccc2Cl)nc(C(C)C)c1I. The second-order valence-electron chi connectivity index (χ2n) is 5.14. The van der Waals surface area contributed by atoms with E-state index in [2.05, 4.69) is 53.7 Å². The van der Waals surface area contributed by atoms with E-state index in [1.807, 2.05) is 24.3 Å². The molecule has 0 aliphatic heterocycles. The van der Waals surface area contributed by atoms with Crippen molar-refractivity contribution in [3.63, 3.8) is 0 Å². The van der Waals surface area contributed by atoms with Gasteiger partial charge in [-0.15, -0.1) is 0 Å². The molecule has 5 heteroatoms. The highest BCUT2D eigenvalue weighted by atomic mass is 127. The first-order valence-electron chi connectivity index (χ1n) is 7.06. The molecule has 21 heavy (non-hydrogen) atoms. The monoisotopic (exact) mass is 415 g/mol. The van der Waals surface area contributed by atoms with Crippen LogP contribution in [0.4, 0.5) is 5.82 Å². The summed E-state index contributed by atoms with van der Waals surface area (Å²) in [4.78, 5) is 9.39. The van der Waals surface area contributed by atoms with Gasteiger partial charge in [0.1, 0.15) is 11.6 Å². The van der Waals surface area contributed by atoms with E-state index in [0.29, 0.717) is 12.3 Å². The number of nitrogens with zero attached hydrogens (tertiary/aromatic N) is 2. The minimum Gasteiger partial charge on any atom is -0.369 e. The normalized spacial score (nSPS) is 11.0. The standard InChI is InChI=1S/C16H19ClIN3/c1-4-19-16-14(18)15(10(2)3)20-13(21-16)9-11-7-5-6-8-12(11)17/h5-8,10H,4,9H2,1-3H3,(H,19,20,21). The lowest BCUT2D eigenvalue weighted by atomic mass is 10.1. The van der Waals surface area contributed by atoms with Crippen molar-refractivity contribution in [3.8, 4) is 0 Å². The molecular weight excluding hydrogens is 397 g/mol. The number of rotatable bonds is 5. The zero-order valence-corrected chi connectivity index (χ0v) is 15.4. The van der Waals surface area contributed by atoms with Crippen LogP contribution in [0.15, 0.2) is 24.3 Å². The molecule has 1 N–H and O–H groups in total. The molecule has 0 radical (unpaired) electrons. The van der Waals surface area contributed by atoms with Crippen LogP contribution in [0.1, 0.15) is 43.8 Å². The van der Waals surface area contributed by atoms with Gasteiger partial charge in [0.25, 0.3) is 0 Å². The third-order valence-corrected chi connectivity index (χ3v) is 4.55. The number of aromatic nitrogens is 2. The van der Waals surface area contributed by atoms with Crippen LogP contribution in [0.25, 0.3) is 0 Å². The van der Waals surface area contributed by atoms with Crippen LogP contribution in [-0.2, 0) is 6.42 Å². The molecule has 2 aromatic rings. The molecule has 0 amide bonds. The molecule has 1 heterocycles. The predicted octanol–water partition coefficient (Wildman–Crippen LogP) is 4.88. The van der Waals surface area contributed by atoms with Gasteiger partial charge < -0.3 is 5.32 Å². The molecule has 112 valence electrons.